The SMILES string of the molecule is Cc1nnc(C2COCCN2C(=O)c2cccc3c2OCCO3)o1. The number of nitrogens with zero attached hydrogens (tertiary/aromatic N) is 3. The maximum absolute atomic E-state index is 13.1. The van der Waals surface area contributed by atoms with Crippen LogP contribution in [0, 0.1) is 6.92 Å². The Morgan fingerprint density at radius 1 is 1.21 bits per heavy atom. The van der Waals surface area contributed by atoms with E-state index >= 15 is 0 Å². The summed E-state index contributed by atoms with van der Waals surface area (Å²) in [5.74, 6) is 1.74. The summed E-state index contributed by atoms with van der Waals surface area (Å²) in [7, 11) is 0. The molecule has 2 aromatic rings. The summed E-state index contributed by atoms with van der Waals surface area (Å²) < 4.78 is 22.2. The second kappa shape index (κ2) is 6.12. The minimum absolute atomic E-state index is 0.165. The first-order valence-corrected chi connectivity index (χ1v) is 7.81. The highest BCUT2D eigenvalue weighted by atomic mass is 16.6. The summed E-state index contributed by atoms with van der Waals surface area (Å²) in [6.45, 7) is 3.83. The average molecular weight is 331 g/mol. The molecular weight excluding hydrogens is 314 g/mol. The molecule has 1 saturated heterocycles. The number of fused-ring (bicyclic) bond motifs is 1. The smallest absolute Gasteiger partial charge is 0.258 e. The molecule has 0 radical (unpaired) electrons. The van der Waals surface area contributed by atoms with Gasteiger partial charge in [-0.15, -0.1) is 10.2 Å². The number of benzene rings is 1. The number of carbonyl (C=O) groups excluding carboxylic acids is 1. The van der Waals surface area contributed by atoms with Crippen molar-refractivity contribution in [2.24, 2.45) is 0 Å². The number of aryl methyl sites for hydroxylation is 1. The minimum Gasteiger partial charge on any atom is -0.486 e. The monoisotopic (exact) mass is 331 g/mol. The van der Waals surface area contributed by atoms with Gasteiger partial charge in [-0.05, 0) is 12.1 Å². The van der Waals surface area contributed by atoms with Gasteiger partial charge >= 0.3 is 0 Å². The van der Waals surface area contributed by atoms with Crippen LogP contribution < -0.4 is 9.47 Å². The molecule has 8 nitrogen and oxygen atoms in total. The number of carbonyl (C=O) groups is 1. The van der Waals surface area contributed by atoms with E-state index in [1.807, 2.05) is 0 Å². The fourth-order valence-corrected chi connectivity index (χ4v) is 2.89. The van der Waals surface area contributed by atoms with Gasteiger partial charge in [0, 0.05) is 13.5 Å². The number of para-hydroxylation sites is 1. The third-order valence-electron chi connectivity index (χ3n) is 4.01. The van der Waals surface area contributed by atoms with Crippen LogP contribution in [-0.2, 0) is 4.74 Å². The number of hydrogen-bond acceptors (Lipinski definition) is 7. The van der Waals surface area contributed by atoms with Gasteiger partial charge in [0.2, 0.25) is 11.8 Å². The van der Waals surface area contributed by atoms with Gasteiger partial charge in [-0.2, -0.15) is 0 Å². The Morgan fingerprint density at radius 3 is 2.92 bits per heavy atom. The topological polar surface area (TPSA) is 86.9 Å². The number of hydrogen-bond donors (Lipinski definition) is 0. The van der Waals surface area contributed by atoms with Crippen molar-refractivity contribution in [3.63, 3.8) is 0 Å². The molecule has 1 aromatic carbocycles. The quantitative estimate of drug-likeness (QED) is 0.821. The van der Waals surface area contributed by atoms with Crippen LogP contribution in [0.5, 0.6) is 11.5 Å². The third-order valence-corrected chi connectivity index (χ3v) is 4.01. The maximum atomic E-state index is 13.1. The standard InChI is InChI=1S/C16H17N3O5/c1-10-17-18-15(24-10)12-9-21-6-5-19(12)16(20)11-3-2-4-13-14(11)23-8-7-22-13/h2-4,12H,5-9H2,1H3. The van der Waals surface area contributed by atoms with Crippen molar-refractivity contribution in [3.8, 4) is 11.5 Å². The molecule has 1 amide bonds. The van der Waals surface area contributed by atoms with Crippen LogP contribution in [-0.4, -0.2) is 54.0 Å². The summed E-state index contributed by atoms with van der Waals surface area (Å²) >= 11 is 0. The average Bonchev–Trinajstić information content (AvgIpc) is 3.07. The maximum Gasteiger partial charge on any atom is 0.258 e. The Bertz CT molecular complexity index is 760. The first-order valence-electron chi connectivity index (χ1n) is 7.81. The van der Waals surface area contributed by atoms with E-state index in [1.165, 1.54) is 0 Å². The highest BCUT2D eigenvalue weighted by molar-refractivity contribution is 5.98. The summed E-state index contributed by atoms with van der Waals surface area (Å²) in [6, 6.07) is 4.91. The van der Waals surface area contributed by atoms with Gasteiger partial charge < -0.3 is 23.5 Å². The van der Waals surface area contributed by atoms with Crippen LogP contribution in [0.25, 0.3) is 0 Å². The second-order valence-corrected chi connectivity index (χ2v) is 5.58. The number of rotatable bonds is 2. The summed E-state index contributed by atoms with van der Waals surface area (Å²) in [5, 5.41) is 7.88. The predicted octanol–water partition coefficient (Wildman–Crippen LogP) is 1.36. The Morgan fingerprint density at radius 2 is 2.08 bits per heavy atom. The molecule has 0 bridgehead atoms. The van der Waals surface area contributed by atoms with E-state index in [2.05, 4.69) is 10.2 Å². The van der Waals surface area contributed by atoms with Crippen LogP contribution in [0.4, 0.5) is 0 Å². The zero-order chi connectivity index (χ0) is 16.5. The number of ether oxygens (including phenoxy) is 3. The Balaban J connectivity index is 1.67. The number of amides is 1. The zero-order valence-electron chi connectivity index (χ0n) is 13.2. The molecule has 0 spiro atoms. The summed E-state index contributed by atoms with van der Waals surface area (Å²) in [6.07, 6.45) is 0. The molecule has 2 aliphatic rings. The van der Waals surface area contributed by atoms with E-state index in [4.69, 9.17) is 18.6 Å². The predicted molar refractivity (Wildman–Crippen MR) is 81.1 cm³/mol. The largest absolute Gasteiger partial charge is 0.486 e. The lowest BCUT2D eigenvalue weighted by Gasteiger charge is -2.34. The first kappa shape index (κ1) is 14.9. The molecule has 0 N–H and O–H groups in total. The summed E-state index contributed by atoms with van der Waals surface area (Å²) in [5.41, 5.74) is 0.468. The fourth-order valence-electron chi connectivity index (χ4n) is 2.89. The lowest BCUT2D eigenvalue weighted by molar-refractivity contribution is -0.0109. The number of morpholine rings is 1. The lowest BCUT2D eigenvalue weighted by Crippen LogP contribution is -2.43. The van der Waals surface area contributed by atoms with Crippen LogP contribution in [0.1, 0.15) is 28.2 Å². The van der Waals surface area contributed by atoms with Crippen molar-refractivity contribution in [2.75, 3.05) is 33.0 Å². The molecule has 3 heterocycles. The van der Waals surface area contributed by atoms with E-state index in [0.29, 0.717) is 61.8 Å². The number of aromatic nitrogens is 2. The minimum atomic E-state index is -0.409. The van der Waals surface area contributed by atoms with Gasteiger partial charge in [0.15, 0.2) is 11.5 Å². The lowest BCUT2D eigenvalue weighted by atomic mass is 10.1. The zero-order valence-corrected chi connectivity index (χ0v) is 13.2. The van der Waals surface area contributed by atoms with E-state index in [-0.39, 0.29) is 5.91 Å². The van der Waals surface area contributed by atoms with Crippen molar-refractivity contribution in [2.45, 2.75) is 13.0 Å². The molecule has 0 saturated carbocycles. The fraction of sp³-hybridized carbons (Fsp3) is 0.438. The highest BCUT2D eigenvalue weighted by Gasteiger charge is 2.35. The Hall–Kier alpha value is -2.61. The molecule has 4 rings (SSSR count). The van der Waals surface area contributed by atoms with Gasteiger partial charge in [-0.25, -0.2) is 0 Å². The normalized spacial score (nSPS) is 20.0. The van der Waals surface area contributed by atoms with Crippen molar-refractivity contribution in [3.05, 3.63) is 35.5 Å². The van der Waals surface area contributed by atoms with E-state index < -0.39 is 6.04 Å². The molecule has 126 valence electrons. The molecular formula is C16H17N3O5. The molecule has 1 fully saturated rings. The summed E-state index contributed by atoms with van der Waals surface area (Å²) in [4.78, 5) is 14.8. The van der Waals surface area contributed by atoms with Gasteiger partial charge in [0.1, 0.15) is 19.3 Å². The molecule has 1 unspecified atom stereocenters. The van der Waals surface area contributed by atoms with E-state index in [0.717, 1.165) is 0 Å². The first-order chi connectivity index (χ1) is 11.7. The van der Waals surface area contributed by atoms with Crippen LogP contribution >= 0.6 is 0 Å². The van der Waals surface area contributed by atoms with E-state index in [9.17, 15) is 4.79 Å². The van der Waals surface area contributed by atoms with Crippen molar-refractivity contribution < 1.29 is 23.4 Å². The van der Waals surface area contributed by atoms with Crippen LogP contribution in [0.2, 0.25) is 0 Å². The van der Waals surface area contributed by atoms with Crippen molar-refractivity contribution in [1.29, 1.82) is 0 Å². The Labute approximate surface area is 138 Å². The molecule has 24 heavy (non-hydrogen) atoms. The van der Waals surface area contributed by atoms with E-state index in [1.54, 1.807) is 30.0 Å². The van der Waals surface area contributed by atoms with Gasteiger partial charge in [0.05, 0.1) is 18.8 Å². The van der Waals surface area contributed by atoms with Gasteiger partial charge in [-0.3, -0.25) is 4.79 Å². The molecule has 0 aliphatic carbocycles. The molecule has 1 atom stereocenters. The highest BCUT2D eigenvalue weighted by Crippen LogP contribution is 2.36. The molecule has 1 aromatic heterocycles. The van der Waals surface area contributed by atoms with Gasteiger partial charge in [0.25, 0.3) is 5.91 Å². The van der Waals surface area contributed by atoms with Crippen molar-refractivity contribution >= 4 is 5.91 Å². The third kappa shape index (κ3) is 2.58. The molecule has 2 aliphatic heterocycles. The van der Waals surface area contributed by atoms with Crippen LogP contribution in [0.15, 0.2) is 22.6 Å². The molecule has 8 heteroatoms. The second-order valence-electron chi connectivity index (χ2n) is 5.58. The van der Waals surface area contributed by atoms with Gasteiger partial charge in [-0.1, -0.05) is 6.07 Å². The van der Waals surface area contributed by atoms with Crippen LogP contribution in [0.3, 0.4) is 0 Å². The Kier molecular flexibility index (Phi) is 3.81. The van der Waals surface area contributed by atoms with Crippen molar-refractivity contribution in [1.82, 2.24) is 15.1 Å².